The van der Waals surface area contributed by atoms with Crippen LogP contribution < -0.4 is 0 Å². The molecule has 6 heteroatoms. The van der Waals surface area contributed by atoms with Crippen LogP contribution in [0.4, 0.5) is 0 Å². The van der Waals surface area contributed by atoms with Gasteiger partial charge in [-0.15, -0.1) is 0 Å². The lowest BCUT2D eigenvalue weighted by atomic mass is 10.1. The fraction of sp³-hybridized carbons (Fsp3) is 0.400. The lowest BCUT2D eigenvalue weighted by Gasteiger charge is -2.23. The van der Waals surface area contributed by atoms with Gasteiger partial charge in [-0.3, -0.25) is 24.2 Å². The number of fused-ring (bicyclic) bond motifs is 1. The molecule has 21 heavy (non-hydrogen) atoms. The van der Waals surface area contributed by atoms with Crippen LogP contribution in [0.3, 0.4) is 0 Å². The number of carbonyl (C=O) groups is 3. The summed E-state index contributed by atoms with van der Waals surface area (Å²) in [6.45, 7) is 1.33. The number of hydrogen-bond donors (Lipinski definition) is 1. The van der Waals surface area contributed by atoms with Crippen LogP contribution in [0, 0.1) is 0 Å². The topological polar surface area (TPSA) is 77.9 Å². The molecule has 2 aliphatic heterocycles. The summed E-state index contributed by atoms with van der Waals surface area (Å²) in [6.07, 6.45) is 1.45. The summed E-state index contributed by atoms with van der Waals surface area (Å²) in [7, 11) is 0. The normalized spacial score (nSPS) is 21.9. The number of aliphatic carboxylic acids is 1. The molecule has 1 fully saturated rings. The largest absolute Gasteiger partial charge is 0.480 e. The Morgan fingerprint density at radius 1 is 1.14 bits per heavy atom. The maximum Gasteiger partial charge on any atom is 0.320 e. The number of nitrogens with zero attached hydrogens (tertiary/aromatic N) is 2. The second-order valence-corrected chi connectivity index (χ2v) is 5.34. The van der Waals surface area contributed by atoms with Crippen LogP contribution in [-0.2, 0) is 4.79 Å². The fourth-order valence-electron chi connectivity index (χ4n) is 3.04. The zero-order chi connectivity index (χ0) is 15.0. The van der Waals surface area contributed by atoms with Crippen molar-refractivity contribution in [2.75, 3.05) is 19.6 Å². The molecule has 3 rings (SSSR count). The minimum atomic E-state index is -0.838. The number of rotatable bonds is 4. The minimum Gasteiger partial charge on any atom is -0.480 e. The van der Waals surface area contributed by atoms with E-state index in [0.29, 0.717) is 30.6 Å². The van der Waals surface area contributed by atoms with E-state index in [1.54, 1.807) is 24.3 Å². The van der Waals surface area contributed by atoms with Gasteiger partial charge >= 0.3 is 5.97 Å². The third kappa shape index (κ3) is 2.31. The molecule has 110 valence electrons. The quantitative estimate of drug-likeness (QED) is 0.830. The average molecular weight is 288 g/mol. The highest BCUT2D eigenvalue weighted by Gasteiger charge is 2.36. The highest BCUT2D eigenvalue weighted by molar-refractivity contribution is 6.21. The molecule has 6 nitrogen and oxygen atoms in total. The second-order valence-electron chi connectivity index (χ2n) is 5.34. The summed E-state index contributed by atoms with van der Waals surface area (Å²) in [5.74, 6) is -1.42. The maximum absolute atomic E-state index is 12.2. The van der Waals surface area contributed by atoms with E-state index in [1.807, 2.05) is 4.90 Å². The first kappa shape index (κ1) is 13.8. The summed E-state index contributed by atoms with van der Waals surface area (Å²) < 4.78 is 0. The summed E-state index contributed by atoms with van der Waals surface area (Å²) in [5, 5.41) is 9.13. The highest BCUT2D eigenvalue weighted by Crippen LogP contribution is 2.23. The van der Waals surface area contributed by atoms with Gasteiger partial charge in [-0.25, -0.2) is 0 Å². The predicted molar refractivity (Wildman–Crippen MR) is 74.0 cm³/mol. The third-order valence-corrected chi connectivity index (χ3v) is 4.14. The monoisotopic (exact) mass is 288 g/mol. The first-order valence-electron chi connectivity index (χ1n) is 7.01. The zero-order valence-electron chi connectivity index (χ0n) is 11.5. The lowest BCUT2D eigenvalue weighted by molar-refractivity contribution is -0.142. The molecule has 0 aromatic heterocycles. The summed E-state index contributed by atoms with van der Waals surface area (Å²) in [4.78, 5) is 38.6. The first-order valence-corrected chi connectivity index (χ1v) is 7.01. The van der Waals surface area contributed by atoms with E-state index in [-0.39, 0.29) is 18.4 Å². The highest BCUT2D eigenvalue weighted by atomic mass is 16.4. The Hall–Kier alpha value is -2.21. The summed E-state index contributed by atoms with van der Waals surface area (Å²) in [5.41, 5.74) is 0.859. The number of carboxylic acid groups (broad SMARTS) is 1. The number of carbonyl (C=O) groups excluding carboxylic acids is 2. The molecular weight excluding hydrogens is 272 g/mol. The Balaban J connectivity index is 1.69. The molecule has 0 aliphatic carbocycles. The standard InChI is InChI=1S/C15H16N2O4/c18-13-10-4-1-2-5-11(10)14(19)17(13)9-8-16-7-3-6-12(16)15(20)21/h1-2,4-5,12H,3,6-9H2,(H,20,21). The van der Waals surface area contributed by atoms with Crippen LogP contribution >= 0.6 is 0 Å². The smallest absolute Gasteiger partial charge is 0.320 e. The van der Waals surface area contributed by atoms with Gasteiger partial charge in [0, 0.05) is 13.1 Å². The molecule has 0 saturated carbocycles. The zero-order valence-corrected chi connectivity index (χ0v) is 11.5. The maximum atomic E-state index is 12.2. The van der Waals surface area contributed by atoms with Gasteiger partial charge in [0.05, 0.1) is 11.1 Å². The Morgan fingerprint density at radius 2 is 1.76 bits per heavy atom. The molecule has 1 N–H and O–H groups in total. The average Bonchev–Trinajstić information content (AvgIpc) is 3.03. The molecule has 1 unspecified atom stereocenters. The van der Waals surface area contributed by atoms with Crippen LogP contribution in [0.5, 0.6) is 0 Å². The number of benzene rings is 1. The third-order valence-electron chi connectivity index (χ3n) is 4.14. The van der Waals surface area contributed by atoms with Crippen LogP contribution in [0.2, 0.25) is 0 Å². The van der Waals surface area contributed by atoms with Crippen molar-refractivity contribution in [1.29, 1.82) is 0 Å². The number of amides is 2. The molecule has 0 spiro atoms. The number of likely N-dealkylation sites (tertiary alicyclic amines) is 1. The second kappa shape index (κ2) is 5.29. The van der Waals surface area contributed by atoms with E-state index < -0.39 is 12.0 Å². The molecule has 1 aromatic carbocycles. The van der Waals surface area contributed by atoms with E-state index >= 15 is 0 Å². The minimum absolute atomic E-state index is 0.232. The Morgan fingerprint density at radius 3 is 2.33 bits per heavy atom. The molecule has 2 aliphatic rings. The molecule has 0 bridgehead atoms. The van der Waals surface area contributed by atoms with Gasteiger partial charge in [0.15, 0.2) is 0 Å². The number of hydrogen-bond acceptors (Lipinski definition) is 4. The number of imide groups is 1. The molecule has 2 heterocycles. The molecule has 2 amide bonds. The number of carboxylic acids is 1. The molecule has 0 radical (unpaired) electrons. The lowest BCUT2D eigenvalue weighted by Crippen LogP contribution is -2.42. The van der Waals surface area contributed by atoms with Gasteiger partial charge < -0.3 is 5.11 Å². The SMILES string of the molecule is O=C(O)C1CCCN1CCN1C(=O)c2ccccc2C1=O. The molecule has 1 saturated heterocycles. The van der Waals surface area contributed by atoms with E-state index in [4.69, 9.17) is 5.11 Å². The fourth-order valence-corrected chi connectivity index (χ4v) is 3.04. The van der Waals surface area contributed by atoms with Gasteiger partial charge in [0.1, 0.15) is 6.04 Å². The van der Waals surface area contributed by atoms with Crippen molar-refractivity contribution in [2.45, 2.75) is 18.9 Å². The van der Waals surface area contributed by atoms with Crippen molar-refractivity contribution < 1.29 is 19.5 Å². The van der Waals surface area contributed by atoms with E-state index in [9.17, 15) is 14.4 Å². The summed E-state index contributed by atoms with van der Waals surface area (Å²) in [6, 6.07) is 6.25. The van der Waals surface area contributed by atoms with Crippen LogP contribution in [0.15, 0.2) is 24.3 Å². The van der Waals surface area contributed by atoms with Crippen LogP contribution in [0.25, 0.3) is 0 Å². The Bertz CT molecular complexity index is 578. The first-order chi connectivity index (χ1) is 10.1. The summed E-state index contributed by atoms with van der Waals surface area (Å²) >= 11 is 0. The van der Waals surface area contributed by atoms with Crippen molar-refractivity contribution in [3.05, 3.63) is 35.4 Å². The van der Waals surface area contributed by atoms with Gasteiger partial charge in [-0.05, 0) is 31.5 Å². The van der Waals surface area contributed by atoms with Gasteiger partial charge in [0.25, 0.3) is 11.8 Å². The van der Waals surface area contributed by atoms with Crippen molar-refractivity contribution in [2.24, 2.45) is 0 Å². The van der Waals surface area contributed by atoms with E-state index in [2.05, 4.69) is 0 Å². The van der Waals surface area contributed by atoms with Gasteiger partial charge in [0.2, 0.25) is 0 Å². The predicted octanol–water partition coefficient (Wildman–Crippen LogP) is 0.832. The molecule has 1 aromatic rings. The van der Waals surface area contributed by atoms with Crippen molar-refractivity contribution in [1.82, 2.24) is 9.80 Å². The van der Waals surface area contributed by atoms with Crippen LogP contribution in [0.1, 0.15) is 33.6 Å². The van der Waals surface area contributed by atoms with Gasteiger partial charge in [-0.1, -0.05) is 12.1 Å². The Labute approximate surface area is 122 Å². The Kier molecular flexibility index (Phi) is 3.47. The van der Waals surface area contributed by atoms with Crippen molar-refractivity contribution in [3.8, 4) is 0 Å². The van der Waals surface area contributed by atoms with Crippen molar-refractivity contribution >= 4 is 17.8 Å². The molecule has 1 atom stereocenters. The van der Waals surface area contributed by atoms with E-state index in [0.717, 1.165) is 6.42 Å². The van der Waals surface area contributed by atoms with Gasteiger partial charge in [-0.2, -0.15) is 0 Å². The van der Waals surface area contributed by atoms with Crippen LogP contribution in [-0.4, -0.2) is 58.4 Å². The van der Waals surface area contributed by atoms with Crippen molar-refractivity contribution in [3.63, 3.8) is 0 Å². The van der Waals surface area contributed by atoms with E-state index in [1.165, 1.54) is 4.90 Å². The molecular formula is C15H16N2O4.